The average molecular weight is 252 g/mol. The molecule has 0 unspecified atom stereocenters. The van der Waals surface area contributed by atoms with Crippen molar-refractivity contribution in [2.75, 3.05) is 6.61 Å². The molecule has 0 aromatic heterocycles. The van der Waals surface area contributed by atoms with Gasteiger partial charge in [-0.05, 0) is 56.3 Å². The van der Waals surface area contributed by atoms with Crippen LogP contribution in [-0.4, -0.2) is 12.6 Å². The summed E-state index contributed by atoms with van der Waals surface area (Å²) < 4.78 is 5.41. The number of esters is 1. The molecule has 2 fully saturated rings. The Morgan fingerprint density at radius 3 is 2.33 bits per heavy atom. The van der Waals surface area contributed by atoms with E-state index in [1.54, 1.807) is 0 Å². The third kappa shape index (κ3) is 4.00. The van der Waals surface area contributed by atoms with E-state index >= 15 is 0 Å². The number of carbonyl (C=O) groups is 1. The molecule has 0 amide bonds. The largest absolute Gasteiger partial charge is 0.465 e. The predicted octanol–water partition coefficient (Wildman–Crippen LogP) is 4.18. The lowest BCUT2D eigenvalue weighted by Crippen LogP contribution is -2.22. The van der Waals surface area contributed by atoms with Crippen molar-refractivity contribution in [2.45, 2.75) is 65.7 Å². The van der Waals surface area contributed by atoms with Gasteiger partial charge in [0.05, 0.1) is 6.61 Å². The van der Waals surface area contributed by atoms with Crippen molar-refractivity contribution in [3.63, 3.8) is 0 Å². The van der Waals surface area contributed by atoms with E-state index in [9.17, 15) is 4.79 Å². The summed E-state index contributed by atoms with van der Waals surface area (Å²) in [5.74, 6) is 2.30. The Hall–Kier alpha value is -0.530. The first-order valence-electron chi connectivity index (χ1n) is 7.64. The van der Waals surface area contributed by atoms with E-state index in [0.717, 1.165) is 11.8 Å². The SMILES string of the molecule is CC(C)C1CCC(CC(=O)OCC2(C)CC2)CC1. The molecule has 2 aliphatic rings. The Morgan fingerprint density at radius 2 is 1.83 bits per heavy atom. The maximum Gasteiger partial charge on any atom is 0.306 e. The van der Waals surface area contributed by atoms with Gasteiger partial charge >= 0.3 is 5.97 Å². The highest BCUT2D eigenvalue weighted by Gasteiger charge is 2.38. The van der Waals surface area contributed by atoms with Crippen molar-refractivity contribution in [2.24, 2.45) is 23.2 Å². The highest BCUT2D eigenvalue weighted by molar-refractivity contribution is 5.69. The number of hydrogen-bond donors (Lipinski definition) is 0. The zero-order valence-electron chi connectivity index (χ0n) is 12.2. The Bertz CT molecular complexity index is 283. The Morgan fingerprint density at radius 1 is 1.22 bits per heavy atom. The Kier molecular flexibility index (Phi) is 4.34. The third-order valence-corrected chi connectivity index (χ3v) is 4.97. The molecule has 0 radical (unpaired) electrons. The van der Waals surface area contributed by atoms with Gasteiger partial charge in [0.2, 0.25) is 0 Å². The van der Waals surface area contributed by atoms with Crippen LogP contribution in [0.5, 0.6) is 0 Å². The summed E-state index contributed by atoms with van der Waals surface area (Å²) in [4.78, 5) is 11.8. The molecule has 0 heterocycles. The lowest BCUT2D eigenvalue weighted by Gasteiger charge is -2.30. The number of ether oxygens (including phenoxy) is 1. The average Bonchev–Trinajstić information content (AvgIpc) is 3.06. The van der Waals surface area contributed by atoms with Crippen LogP contribution in [0.2, 0.25) is 0 Å². The van der Waals surface area contributed by atoms with Gasteiger partial charge in [0.1, 0.15) is 0 Å². The molecule has 0 bridgehead atoms. The van der Waals surface area contributed by atoms with Crippen molar-refractivity contribution >= 4 is 5.97 Å². The summed E-state index contributed by atoms with van der Waals surface area (Å²) >= 11 is 0. The summed E-state index contributed by atoms with van der Waals surface area (Å²) in [6.45, 7) is 7.48. The van der Waals surface area contributed by atoms with Crippen LogP contribution in [0.4, 0.5) is 0 Å². The van der Waals surface area contributed by atoms with Crippen LogP contribution >= 0.6 is 0 Å². The van der Waals surface area contributed by atoms with Gasteiger partial charge in [-0.25, -0.2) is 0 Å². The Labute approximate surface area is 111 Å². The highest BCUT2D eigenvalue weighted by Crippen LogP contribution is 2.45. The first kappa shape index (κ1) is 13.9. The molecule has 0 spiro atoms. The van der Waals surface area contributed by atoms with Gasteiger partial charge in [-0.3, -0.25) is 4.79 Å². The molecule has 0 aliphatic heterocycles. The zero-order valence-corrected chi connectivity index (χ0v) is 12.2. The topological polar surface area (TPSA) is 26.3 Å². The van der Waals surface area contributed by atoms with Crippen molar-refractivity contribution < 1.29 is 9.53 Å². The summed E-state index contributed by atoms with van der Waals surface area (Å²) in [5.41, 5.74) is 0.324. The smallest absolute Gasteiger partial charge is 0.306 e. The van der Waals surface area contributed by atoms with Crippen molar-refractivity contribution in [3.8, 4) is 0 Å². The second-order valence-corrected chi connectivity index (χ2v) is 7.20. The second-order valence-electron chi connectivity index (χ2n) is 7.20. The van der Waals surface area contributed by atoms with Gasteiger partial charge in [-0.15, -0.1) is 0 Å². The van der Waals surface area contributed by atoms with E-state index in [2.05, 4.69) is 20.8 Å². The molecule has 2 rings (SSSR count). The van der Waals surface area contributed by atoms with Gasteiger partial charge < -0.3 is 4.74 Å². The van der Waals surface area contributed by atoms with Crippen LogP contribution in [0.15, 0.2) is 0 Å². The van der Waals surface area contributed by atoms with Crippen LogP contribution < -0.4 is 0 Å². The summed E-state index contributed by atoms with van der Waals surface area (Å²) in [7, 11) is 0. The van der Waals surface area contributed by atoms with E-state index in [1.807, 2.05) is 0 Å². The van der Waals surface area contributed by atoms with Crippen LogP contribution in [0.25, 0.3) is 0 Å². The van der Waals surface area contributed by atoms with Gasteiger partial charge in [0.15, 0.2) is 0 Å². The minimum atomic E-state index is 0.0381. The van der Waals surface area contributed by atoms with E-state index in [0.29, 0.717) is 24.4 Å². The standard InChI is InChI=1S/C16H28O2/c1-12(2)14-6-4-13(5-7-14)10-15(17)18-11-16(3)8-9-16/h12-14H,4-11H2,1-3H3. The highest BCUT2D eigenvalue weighted by atomic mass is 16.5. The van der Waals surface area contributed by atoms with Crippen LogP contribution in [-0.2, 0) is 9.53 Å². The molecule has 2 nitrogen and oxygen atoms in total. The van der Waals surface area contributed by atoms with Crippen molar-refractivity contribution in [1.82, 2.24) is 0 Å². The molecule has 2 heteroatoms. The number of rotatable bonds is 5. The van der Waals surface area contributed by atoms with Gasteiger partial charge in [0, 0.05) is 11.8 Å². The fourth-order valence-corrected chi connectivity index (χ4v) is 2.97. The maximum absolute atomic E-state index is 11.8. The third-order valence-electron chi connectivity index (χ3n) is 4.97. The second kappa shape index (κ2) is 5.63. The molecule has 104 valence electrons. The van der Waals surface area contributed by atoms with Gasteiger partial charge in [-0.1, -0.05) is 20.8 Å². The molecule has 2 saturated carbocycles. The lowest BCUT2D eigenvalue weighted by molar-refractivity contribution is -0.146. The zero-order chi connectivity index (χ0) is 13.2. The molecule has 0 aromatic carbocycles. The fraction of sp³-hybridized carbons (Fsp3) is 0.938. The number of hydrogen-bond acceptors (Lipinski definition) is 2. The van der Waals surface area contributed by atoms with Gasteiger partial charge in [0.25, 0.3) is 0 Å². The Balaban J connectivity index is 1.63. The minimum absolute atomic E-state index is 0.0381. The number of carbonyl (C=O) groups excluding carboxylic acids is 1. The molecule has 0 aromatic rings. The first-order valence-corrected chi connectivity index (χ1v) is 7.64. The van der Waals surface area contributed by atoms with Gasteiger partial charge in [-0.2, -0.15) is 0 Å². The van der Waals surface area contributed by atoms with Crippen LogP contribution in [0.1, 0.15) is 65.7 Å². The normalized spacial score (nSPS) is 30.2. The van der Waals surface area contributed by atoms with E-state index in [-0.39, 0.29) is 5.97 Å². The molecular formula is C16H28O2. The van der Waals surface area contributed by atoms with Crippen molar-refractivity contribution in [1.29, 1.82) is 0 Å². The van der Waals surface area contributed by atoms with E-state index in [4.69, 9.17) is 4.74 Å². The maximum atomic E-state index is 11.8. The van der Waals surface area contributed by atoms with E-state index in [1.165, 1.54) is 38.5 Å². The molecule has 0 saturated heterocycles. The molecular weight excluding hydrogens is 224 g/mol. The van der Waals surface area contributed by atoms with Crippen LogP contribution in [0, 0.1) is 23.2 Å². The quantitative estimate of drug-likeness (QED) is 0.686. The van der Waals surface area contributed by atoms with Crippen LogP contribution in [0.3, 0.4) is 0 Å². The molecule has 0 N–H and O–H groups in total. The monoisotopic (exact) mass is 252 g/mol. The summed E-state index contributed by atoms with van der Waals surface area (Å²) in [6, 6.07) is 0. The fourth-order valence-electron chi connectivity index (χ4n) is 2.97. The lowest BCUT2D eigenvalue weighted by atomic mass is 9.76. The minimum Gasteiger partial charge on any atom is -0.465 e. The summed E-state index contributed by atoms with van der Waals surface area (Å²) in [5, 5.41) is 0. The summed E-state index contributed by atoms with van der Waals surface area (Å²) in [6.07, 6.45) is 8.13. The molecule has 2 aliphatic carbocycles. The molecule has 18 heavy (non-hydrogen) atoms. The van der Waals surface area contributed by atoms with Crippen molar-refractivity contribution in [3.05, 3.63) is 0 Å². The first-order chi connectivity index (χ1) is 8.48. The molecule has 0 atom stereocenters. The predicted molar refractivity (Wildman–Crippen MR) is 73.2 cm³/mol. The van der Waals surface area contributed by atoms with E-state index < -0.39 is 0 Å².